The minimum Gasteiger partial charge on any atom is -0.494 e. The first-order chi connectivity index (χ1) is 18.7. The van der Waals surface area contributed by atoms with Crippen LogP contribution in [-0.4, -0.2) is 67.3 Å². The highest BCUT2D eigenvalue weighted by atomic mass is 19.1. The summed E-state index contributed by atoms with van der Waals surface area (Å²) in [5, 5.41) is 13.4. The number of benzene rings is 1. The Balaban J connectivity index is 1.70. The van der Waals surface area contributed by atoms with Crippen LogP contribution in [0.4, 0.5) is 27.4 Å². The van der Waals surface area contributed by atoms with Crippen LogP contribution in [0.2, 0.25) is 0 Å². The molecule has 1 aromatic heterocycles. The summed E-state index contributed by atoms with van der Waals surface area (Å²) in [7, 11) is 5.68. The molecule has 0 spiro atoms. The molecule has 0 radical (unpaired) electrons. The van der Waals surface area contributed by atoms with Crippen molar-refractivity contribution in [2.45, 2.75) is 25.3 Å². The van der Waals surface area contributed by atoms with Crippen LogP contribution in [0.3, 0.4) is 0 Å². The van der Waals surface area contributed by atoms with Crippen LogP contribution in [0.25, 0.3) is 11.6 Å². The largest absolute Gasteiger partial charge is 0.494 e. The molecule has 0 bridgehead atoms. The summed E-state index contributed by atoms with van der Waals surface area (Å²) in [5.41, 5.74) is 4.45. The SMILES string of the molecule is C=Cc1cnc(Nc2cc(NC(=O)C=N)c(N3CCC(N(C)C)C3)cc2OC)nc1C(=C)C1=CC(F)=CCC1. The number of anilines is 4. The van der Waals surface area contributed by atoms with Crippen LogP contribution in [0.1, 0.15) is 30.5 Å². The highest BCUT2D eigenvalue weighted by molar-refractivity contribution is 6.31. The molecule has 10 heteroatoms. The van der Waals surface area contributed by atoms with Crippen LogP contribution < -0.4 is 20.3 Å². The third-order valence-corrected chi connectivity index (χ3v) is 6.96. The normalized spacial score (nSPS) is 16.8. The molecule has 1 aliphatic heterocycles. The minimum atomic E-state index is -0.539. The van der Waals surface area contributed by atoms with Gasteiger partial charge in [0.2, 0.25) is 5.95 Å². The second kappa shape index (κ2) is 12.0. The van der Waals surface area contributed by atoms with Crippen molar-refractivity contribution in [3.8, 4) is 5.75 Å². The van der Waals surface area contributed by atoms with Crippen molar-refractivity contribution in [1.29, 1.82) is 5.41 Å². The average molecular weight is 532 g/mol. The predicted octanol–water partition coefficient (Wildman–Crippen LogP) is 5.19. The summed E-state index contributed by atoms with van der Waals surface area (Å²) >= 11 is 0. The zero-order valence-electron chi connectivity index (χ0n) is 22.6. The Morgan fingerprint density at radius 3 is 2.77 bits per heavy atom. The quantitative estimate of drug-likeness (QED) is 0.363. The number of methoxy groups -OCH3 is 1. The van der Waals surface area contributed by atoms with Crippen LogP contribution in [0.15, 0.2) is 55.0 Å². The number of rotatable bonds is 10. The first kappa shape index (κ1) is 27.7. The van der Waals surface area contributed by atoms with E-state index in [-0.39, 0.29) is 11.8 Å². The van der Waals surface area contributed by atoms with E-state index in [1.54, 1.807) is 31.5 Å². The maximum Gasteiger partial charge on any atom is 0.266 e. The van der Waals surface area contributed by atoms with E-state index in [0.717, 1.165) is 37.0 Å². The maximum absolute atomic E-state index is 13.9. The minimum absolute atomic E-state index is 0.272. The van der Waals surface area contributed by atoms with Gasteiger partial charge in [-0.15, -0.1) is 0 Å². The first-order valence-electron chi connectivity index (χ1n) is 12.7. The number of carbonyl (C=O) groups excluding carboxylic acids is 1. The van der Waals surface area contributed by atoms with Crippen LogP contribution in [0, 0.1) is 5.41 Å². The van der Waals surface area contributed by atoms with E-state index in [4.69, 9.17) is 10.1 Å². The van der Waals surface area contributed by atoms with Crippen molar-refractivity contribution in [1.82, 2.24) is 14.9 Å². The van der Waals surface area contributed by atoms with Crippen molar-refractivity contribution in [2.24, 2.45) is 0 Å². The third-order valence-electron chi connectivity index (χ3n) is 6.96. The summed E-state index contributed by atoms with van der Waals surface area (Å²) in [6.07, 6.45) is 9.27. The summed E-state index contributed by atoms with van der Waals surface area (Å²) < 4.78 is 19.6. The Labute approximate surface area is 228 Å². The van der Waals surface area contributed by atoms with Crippen molar-refractivity contribution < 1.29 is 13.9 Å². The number of nitrogens with one attached hydrogen (secondary N) is 3. The molecule has 1 aromatic carbocycles. The van der Waals surface area contributed by atoms with Gasteiger partial charge in [-0.1, -0.05) is 19.2 Å². The Morgan fingerprint density at radius 1 is 1.33 bits per heavy atom. The third kappa shape index (κ3) is 6.23. The zero-order valence-corrected chi connectivity index (χ0v) is 22.6. The molecule has 3 N–H and O–H groups in total. The number of ether oxygens (including phenoxy) is 1. The van der Waals surface area contributed by atoms with E-state index in [1.165, 1.54) is 6.08 Å². The molecular formula is C29H34FN7O2. The molecule has 2 heterocycles. The van der Waals surface area contributed by atoms with Gasteiger partial charge in [0, 0.05) is 37.0 Å². The van der Waals surface area contributed by atoms with Gasteiger partial charge in [0.25, 0.3) is 5.91 Å². The number of amides is 1. The Morgan fingerprint density at radius 2 is 2.13 bits per heavy atom. The Kier molecular flexibility index (Phi) is 8.55. The lowest BCUT2D eigenvalue weighted by atomic mass is 9.94. The number of hydrogen-bond acceptors (Lipinski definition) is 8. The number of nitrogens with zero attached hydrogens (tertiary/aromatic N) is 4. The molecule has 39 heavy (non-hydrogen) atoms. The van der Waals surface area contributed by atoms with E-state index < -0.39 is 5.91 Å². The van der Waals surface area contributed by atoms with Crippen LogP contribution in [-0.2, 0) is 4.79 Å². The van der Waals surface area contributed by atoms with Crippen molar-refractivity contribution in [3.63, 3.8) is 0 Å². The molecule has 1 saturated heterocycles. The lowest BCUT2D eigenvalue weighted by molar-refractivity contribution is -0.110. The number of aromatic nitrogens is 2. The molecule has 1 amide bonds. The molecule has 1 aliphatic carbocycles. The van der Waals surface area contributed by atoms with E-state index in [2.05, 4.69) is 57.7 Å². The van der Waals surface area contributed by atoms with Gasteiger partial charge >= 0.3 is 0 Å². The fourth-order valence-electron chi connectivity index (χ4n) is 4.76. The molecule has 204 valence electrons. The predicted molar refractivity (Wildman–Crippen MR) is 156 cm³/mol. The summed E-state index contributed by atoms with van der Waals surface area (Å²) in [5.74, 6) is -0.0225. The highest BCUT2D eigenvalue weighted by Crippen LogP contribution is 2.40. The molecule has 1 atom stereocenters. The molecule has 4 rings (SSSR count). The fraction of sp³-hybridized carbons (Fsp3) is 0.310. The number of carbonyl (C=O) groups is 1. The van der Waals surface area contributed by atoms with Gasteiger partial charge in [0.05, 0.1) is 36.1 Å². The van der Waals surface area contributed by atoms with Crippen molar-refractivity contribution >= 4 is 46.8 Å². The average Bonchev–Trinajstić information content (AvgIpc) is 3.43. The number of allylic oxidation sites excluding steroid dienone is 5. The Bertz CT molecular complexity index is 1370. The highest BCUT2D eigenvalue weighted by Gasteiger charge is 2.27. The summed E-state index contributed by atoms with van der Waals surface area (Å²) in [6.45, 7) is 9.63. The number of hydrogen-bond donors (Lipinski definition) is 3. The van der Waals surface area contributed by atoms with Gasteiger partial charge in [-0.3, -0.25) is 4.79 Å². The zero-order chi connectivity index (χ0) is 28.1. The maximum atomic E-state index is 13.9. The van der Waals surface area contributed by atoms with Gasteiger partial charge < -0.3 is 30.6 Å². The van der Waals surface area contributed by atoms with Crippen molar-refractivity contribution in [3.05, 3.63) is 66.3 Å². The van der Waals surface area contributed by atoms with E-state index >= 15 is 0 Å². The fourth-order valence-corrected chi connectivity index (χ4v) is 4.76. The number of halogens is 1. The lowest BCUT2D eigenvalue weighted by Crippen LogP contribution is -2.31. The van der Waals surface area contributed by atoms with Gasteiger partial charge in [-0.05, 0) is 62.7 Å². The second-order valence-electron chi connectivity index (χ2n) is 9.66. The van der Waals surface area contributed by atoms with E-state index in [9.17, 15) is 9.18 Å². The lowest BCUT2D eigenvalue weighted by Gasteiger charge is -2.25. The Hall–Kier alpha value is -4.31. The van der Waals surface area contributed by atoms with E-state index in [1.807, 2.05) is 6.07 Å². The standard InChI is InChI=1S/C29H34FN7O2/c1-6-19-16-32-29(35-28(19)18(2)20-8-7-9-21(30)12-20)34-24-13-23(33-27(38)15-31)25(14-26(24)39-5)37-11-10-22(17-37)36(3)4/h6,9,12-16,22,31H,1-2,7-8,10-11,17H2,3-5H3,(H,33,38)(H,32,34,35). The molecule has 1 unspecified atom stereocenters. The molecule has 1 fully saturated rings. The molecule has 9 nitrogen and oxygen atoms in total. The van der Waals surface area contributed by atoms with Gasteiger partial charge in [-0.25, -0.2) is 14.4 Å². The van der Waals surface area contributed by atoms with Crippen LogP contribution in [0.5, 0.6) is 5.75 Å². The van der Waals surface area contributed by atoms with Gasteiger partial charge in [-0.2, -0.15) is 0 Å². The van der Waals surface area contributed by atoms with Crippen molar-refractivity contribution in [2.75, 3.05) is 49.8 Å². The smallest absolute Gasteiger partial charge is 0.266 e. The molecule has 2 aliphatic rings. The molecular weight excluding hydrogens is 497 g/mol. The van der Waals surface area contributed by atoms with Gasteiger partial charge in [0.15, 0.2) is 0 Å². The second-order valence-corrected chi connectivity index (χ2v) is 9.66. The molecule has 2 aromatic rings. The molecule has 0 saturated carbocycles. The summed E-state index contributed by atoms with van der Waals surface area (Å²) in [6, 6.07) is 3.99. The topological polar surface area (TPSA) is 106 Å². The summed E-state index contributed by atoms with van der Waals surface area (Å²) in [4.78, 5) is 25.7. The number of likely N-dealkylation sites (N-methyl/N-ethyl adjacent to an activating group) is 1. The van der Waals surface area contributed by atoms with E-state index in [0.29, 0.717) is 52.8 Å². The van der Waals surface area contributed by atoms with Crippen LogP contribution >= 0.6 is 0 Å². The van der Waals surface area contributed by atoms with Gasteiger partial charge in [0.1, 0.15) is 11.6 Å². The monoisotopic (exact) mass is 531 g/mol. The first-order valence-corrected chi connectivity index (χ1v) is 12.7.